The number of hydrogen-bond acceptors (Lipinski definition) is 7. The number of aryl methyl sites for hydroxylation is 1. The van der Waals surface area contributed by atoms with Crippen LogP contribution in [0.1, 0.15) is 30.5 Å². The molecule has 0 aliphatic carbocycles. The van der Waals surface area contributed by atoms with Crippen LogP contribution in [0.25, 0.3) is 0 Å². The number of amides is 1. The molecule has 0 fully saturated rings. The van der Waals surface area contributed by atoms with E-state index in [1.54, 1.807) is 13.0 Å². The molecule has 0 aliphatic heterocycles. The molecule has 0 aromatic carbocycles. The summed E-state index contributed by atoms with van der Waals surface area (Å²) in [6.45, 7) is 3.14. The zero-order valence-electron chi connectivity index (χ0n) is 13.1. The molecule has 2 heterocycles. The Bertz CT molecular complexity index is 796. The number of ether oxygens (including phenoxy) is 2. The molecular weight excluding hydrogens is 374 g/mol. The molecule has 0 saturated heterocycles. The maximum Gasteiger partial charge on any atom is 0.348 e. The van der Waals surface area contributed by atoms with Crippen molar-refractivity contribution in [2.24, 2.45) is 0 Å². The molecule has 24 heavy (non-hydrogen) atoms. The topological polar surface area (TPSA) is 81.7 Å². The minimum Gasteiger partial charge on any atom is -0.465 e. The van der Waals surface area contributed by atoms with Crippen LogP contribution in [0.5, 0.6) is 0 Å². The minimum absolute atomic E-state index is 0.310. The molecule has 0 saturated carbocycles. The van der Waals surface area contributed by atoms with E-state index in [1.165, 1.54) is 24.5 Å². The normalized spacial score (nSPS) is 10.3. The predicted molar refractivity (Wildman–Crippen MR) is 93.4 cm³/mol. The van der Waals surface area contributed by atoms with Crippen LogP contribution in [0.15, 0.2) is 12.1 Å². The van der Waals surface area contributed by atoms with Crippen molar-refractivity contribution in [1.29, 1.82) is 0 Å². The maximum absolute atomic E-state index is 12.0. The molecule has 6 nitrogen and oxygen atoms in total. The van der Waals surface area contributed by atoms with Gasteiger partial charge in [0, 0.05) is 4.88 Å². The van der Waals surface area contributed by atoms with Gasteiger partial charge in [-0.25, -0.2) is 9.59 Å². The Balaban J connectivity index is 2.01. The van der Waals surface area contributed by atoms with Crippen molar-refractivity contribution >= 4 is 57.1 Å². The summed E-state index contributed by atoms with van der Waals surface area (Å²) < 4.78 is 10.1. The summed E-state index contributed by atoms with van der Waals surface area (Å²) in [5, 5.41) is 2.95. The second-order valence-corrected chi connectivity index (χ2v) is 7.65. The fraction of sp³-hybridized carbons (Fsp3) is 0.267. The highest BCUT2D eigenvalue weighted by molar-refractivity contribution is 7.18. The standard InChI is InChI=1S/C15H14ClNO5S2/c1-7-8(2)23-13(12(7)15(20)21-3)17-11(18)6-22-14(19)9-4-5-10(16)24-9/h4-5H,6H2,1-3H3,(H,17,18). The number of thiophene rings is 2. The van der Waals surface area contributed by atoms with E-state index in [2.05, 4.69) is 5.32 Å². The zero-order chi connectivity index (χ0) is 17.9. The monoisotopic (exact) mass is 387 g/mol. The molecule has 0 radical (unpaired) electrons. The van der Waals surface area contributed by atoms with Crippen molar-refractivity contribution in [1.82, 2.24) is 0 Å². The van der Waals surface area contributed by atoms with Crippen molar-refractivity contribution in [3.8, 4) is 0 Å². The third-order valence-corrected chi connectivity index (χ3v) is 5.47. The summed E-state index contributed by atoms with van der Waals surface area (Å²) in [7, 11) is 1.27. The Morgan fingerprint density at radius 2 is 1.88 bits per heavy atom. The van der Waals surface area contributed by atoms with Gasteiger partial charge < -0.3 is 14.8 Å². The molecule has 0 aliphatic rings. The van der Waals surface area contributed by atoms with Crippen molar-refractivity contribution in [2.75, 3.05) is 19.0 Å². The third-order valence-electron chi connectivity index (χ3n) is 3.14. The van der Waals surface area contributed by atoms with Crippen LogP contribution in [0.2, 0.25) is 4.34 Å². The summed E-state index contributed by atoms with van der Waals surface area (Å²) in [5.74, 6) is -1.71. The first-order chi connectivity index (χ1) is 11.3. The summed E-state index contributed by atoms with van der Waals surface area (Å²) in [4.78, 5) is 36.8. The van der Waals surface area contributed by atoms with E-state index in [4.69, 9.17) is 21.1 Å². The quantitative estimate of drug-likeness (QED) is 0.791. The molecule has 128 valence electrons. The fourth-order valence-electron chi connectivity index (χ4n) is 1.85. The molecular formula is C15H14ClNO5S2. The first-order valence-corrected chi connectivity index (χ1v) is 8.75. The molecule has 1 amide bonds. The first kappa shape index (κ1) is 18.4. The number of halogens is 1. The van der Waals surface area contributed by atoms with Gasteiger partial charge in [0.1, 0.15) is 9.88 Å². The van der Waals surface area contributed by atoms with Crippen LogP contribution >= 0.6 is 34.3 Å². The lowest BCUT2D eigenvalue weighted by molar-refractivity contribution is -0.119. The Hall–Kier alpha value is -1.90. The second kappa shape index (κ2) is 7.78. The number of hydrogen-bond donors (Lipinski definition) is 1. The number of carbonyl (C=O) groups is 3. The number of rotatable bonds is 5. The van der Waals surface area contributed by atoms with Gasteiger partial charge in [0.05, 0.1) is 17.0 Å². The molecule has 0 bridgehead atoms. The molecule has 9 heteroatoms. The molecule has 2 aromatic rings. The van der Waals surface area contributed by atoms with E-state index in [0.29, 0.717) is 19.8 Å². The van der Waals surface area contributed by atoms with Crippen LogP contribution in [-0.2, 0) is 14.3 Å². The fourth-order valence-corrected chi connectivity index (χ4v) is 3.85. The van der Waals surface area contributed by atoms with Crippen LogP contribution in [0, 0.1) is 13.8 Å². The lowest BCUT2D eigenvalue weighted by Gasteiger charge is -2.06. The molecule has 2 aromatic heterocycles. The molecule has 2 rings (SSSR count). The molecule has 0 unspecified atom stereocenters. The van der Waals surface area contributed by atoms with Crippen molar-refractivity contribution in [3.05, 3.63) is 37.4 Å². The summed E-state index contributed by atoms with van der Waals surface area (Å²) in [6.07, 6.45) is 0. The van der Waals surface area contributed by atoms with Gasteiger partial charge in [0.25, 0.3) is 5.91 Å². The molecule has 1 N–H and O–H groups in total. The van der Waals surface area contributed by atoms with E-state index in [-0.39, 0.29) is 0 Å². The van der Waals surface area contributed by atoms with Crippen molar-refractivity contribution < 1.29 is 23.9 Å². The van der Waals surface area contributed by atoms with Gasteiger partial charge in [-0.3, -0.25) is 4.79 Å². The van der Waals surface area contributed by atoms with Gasteiger partial charge in [-0.15, -0.1) is 22.7 Å². The summed E-state index contributed by atoms with van der Waals surface area (Å²) in [6, 6.07) is 3.09. The number of anilines is 1. The highest BCUT2D eigenvalue weighted by Crippen LogP contribution is 2.32. The predicted octanol–water partition coefficient (Wildman–Crippen LogP) is 3.66. The van der Waals surface area contributed by atoms with E-state index in [1.807, 2.05) is 6.92 Å². The maximum atomic E-state index is 12.0. The summed E-state index contributed by atoms with van der Waals surface area (Å²) in [5.41, 5.74) is 1.05. The first-order valence-electron chi connectivity index (χ1n) is 6.74. The molecule has 0 spiro atoms. The van der Waals surface area contributed by atoms with Crippen LogP contribution < -0.4 is 5.32 Å². The van der Waals surface area contributed by atoms with Crippen LogP contribution in [0.4, 0.5) is 5.00 Å². The number of carbonyl (C=O) groups excluding carboxylic acids is 3. The van der Waals surface area contributed by atoms with E-state index >= 15 is 0 Å². The minimum atomic E-state index is -0.631. The van der Waals surface area contributed by atoms with Gasteiger partial charge in [0.2, 0.25) is 0 Å². The van der Waals surface area contributed by atoms with Gasteiger partial charge in [-0.1, -0.05) is 11.6 Å². The van der Waals surface area contributed by atoms with E-state index in [9.17, 15) is 14.4 Å². The lowest BCUT2D eigenvalue weighted by Crippen LogP contribution is -2.21. The number of nitrogens with one attached hydrogen (secondary N) is 1. The van der Waals surface area contributed by atoms with Crippen molar-refractivity contribution in [2.45, 2.75) is 13.8 Å². The second-order valence-electron chi connectivity index (χ2n) is 4.71. The Morgan fingerprint density at radius 1 is 1.17 bits per heavy atom. The van der Waals surface area contributed by atoms with Crippen molar-refractivity contribution in [3.63, 3.8) is 0 Å². The van der Waals surface area contributed by atoms with E-state index < -0.39 is 24.5 Å². The largest absolute Gasteiger partial charge is 0.465 e. The lowest BCUT2D eigenvalue weighted by atomic mass is 10.1. The smallest absolute Gasteiger partial charge is 0.348 e. The molecule has 0 atom stereocenters. The van der Waals surface area contributed by atoms with E-state index in [0.717, 1.165) is 21.8 Å². The van der Waals surface area contributed by atoms with Gasteiger partial charge >= 0.3 is 11.9 Å². The van der Waals surface area contributed by atoms with Crippen LogP contribution in [0.3, 0.4) is 0 Å². The Kier molecular flexibility index (Phi) is 5.98. The highest BCUT2D eigenvalue weighted by atomic mass is 35.5. The number of esters is 2. The summed E-state index contributed by atoms with van der Waals surface area (Å²) >= 11 is 8.07. The SMILES string of the molecule is COC(=O)c1c(NC(=O)COC(=O)c2ccc(Cl)s2)sc(C)c1C. The van der Waals surface area contributed by atoms with Crippen LogP contribution in [-0.4, -0.2) is 31.6 Å². The highest BCUT2D eigenvalue weighted by Gasteiger charge is 2.22. The average molecular weight is 388 g/mol. The Labute approximate surface area is 151 Å². The average Bonchev–Trinajstić information content (AvgIpc) is 3.09. The zero-order valence-corrected chi connectivity index (χ0v) is 15.5. The third kappa shape index (κ3) is 4.14. The van der Waals surface area contributed by atoms with Gasteiger partial charge in [-0.2, -0.15) is 0 Å². The van der Waals surface area contributed by atoms with Gasteiger partial charge in [-0.05, 0) is 31.5 Å². The van der Waals surface area contributed by atoms with Gasteiger partial charge in [0.15, 0.2) is 6.61 Å². The Morgan fingerprint density at radius 3 is 2.46 bits per heavy atom. The number of methoxy groups -OCH3 is 1.